The van der Waals surface area contributed by atoms with Crippen LogP contribution in [0.2, 0.25) is 5.02 Å². The molecule has 1 aromatic heterocycles. The van der Waals surface area contributed by atoms with Gasteiger partial charge in [-0.3, -0.25) is 4.79 Å². The average molecular weight is 345 g/mol. The van der Waals surface area contributed by atoms with E-state index in [-0.39, 0.29) is 5.91 Å². The number of carbonyl (C=O) groups is 1. The molecule has 3 rings (SSSR count). The molecule has 0 fully saturated rings. The molecule has 0 bridgehead atoms. The van der Waals surface area contributed by atoms with Crippen LogP contribution >= 0.6 is 22.9 Å². The zero-order valence-corrected chi connectivity index (χ0v) is 13.8. The van der Waals surface area contributed by atoms with E-state index in [1.807, 2.05) is 24.3 Å². The van der Waals surface area contributed by atoms with Gasteiger partial charge in [0.15, 0.2) is 0 Å². The highest BCUT2D eigenvalue weighted by Gasteiger charge is 2.08. The number of carbonyl (C=O) groups excluding carboxylic acids is 1. The van der Waals surface area contributed by atoms with Crippen molar-refractivity contribution in [2.45, 2.75) is 0 Å². The van der Waals surface area contributed by atoms with E-state index >= 15 is 0 Å². The number of methoxy groups -OCH3 is 1. The Morgan fingerprint density at radius 1 is 1.22 bits per heavy atom. The molecule has 0 aliphatic rings. The van der Waals surface area contributed by atoms with Crippen LogP contribution in [0.1, 0.15) is 15.2 Å². The molecular formula is C17H13ClN2O2S. The summed E-state index contributed by atoms with van der Waals surface area (Å²) < 4.78 is 6.14. The van der Waals surface area contributed by atoms with Gasteiger partial charge in [-0.15, -0.1) is 11.3 Å². The molecule has 116 valence electrons. The molecule has 0 saturated carbocycles. The van der Waals surface area contributed by atoms with Crippen LogP contribution in [0.3, 0.4) is 0 Å². The lowest BCUT2D eigenvalue weighted by atomic mass is 10.2. The Morgan fingerprint density at radius 3 is 2.65 bits per heavy atom. The van der Waals surface area contributed by atoms with E-state index in [4.69, 9.17) is 16.3 Å². The fourth-order valence-electron chi connectivity index (χ4n) is 2.07. The summed E-state index contributed by atoms with van der Waals surface area (Å²) in [6, 6.07) is 14.7. The molecule has 1 amide bonds. The molecule has 1 heterocycles. The van der Waals surface area contributed by atoms with E-state index < -0.39 is 0 Å². The fourth-order valence-corrected chi connectivity index (χ4v) is 3.43. The zero-order valence-electron chi connectivity index (χ0n) is 12.2. The Balaban J connectivity index is 1.72. The van der Waals surface area contributed by atoms with Crippen molar-refractivity contribution < 1.29 is 9.53 Å². The van der Waals surface area contributed by atoms with Crippen molar-refractivity contribution in [2.24, 2.45) is 5.10 Å². The van der Waals surface area contributed by atoms with Crippen molar-refractivity contribution in [3.05, 3.63) is 64.0 Å². The molecule has 2 aromatic carbocycles. The summed E-state index contributed by atoms with van der Waals surface area (Å²) in [6.07, 6.45) is 1.56. The first kappa shape index (κ1) is 15.5. The van der Waals surface area contributed by atoms with Gasteiger partial charge in [0, 0.05) is 15.6 Å². The lowest BCUT2D eigenvalue weighted by Crippen LogP contribution is -2.17. The summed E-state index contributed by atoms with van der Waals surface area (Å²) in [4.78, 5) is 12.8. The highest BCUT2D eigenvalue weighted by atomic mass is 35.5. The number of nitrogens with one attached hydrogen (secondary N) is 1. The molecule has 1 N–H and O–H groups in total. The SMILES string of the molecule is COc1ccc(C(=O)NN=Cc2sc3ccccc3c2Cl)cc1. The number of halogens is 1. The van der Waals surface area contributed by atoms with Gasteiger partial charge in [-0.05, 0) is 30.3 Å². The summed E-state index contributed by atoms with van der Waals surface area (Å²) in [7, 11) is 1.58. The van der Waals surface area contributed by atoms with Crippen LogP contribution in [0.5, 0.6) is 5.75 Å². The number of benzene rings is 2. The number of fused-ring (bicyclic) bond motifs is 1. The van der Waals surface area contributed by atoms with Gasteiger partial charge in [0.25, 0.3) is 5.91 Å². The van der Waals surface area contributed by atoms with Crippen molar-refractivity contribution in [3.8, 4) is 5.75 Å². The summed E-state index contributed by atoms with van der Waals surface area (Å²) in [5.41, 5.74) is 3.00. The van der Waals surface area contributed by atoms with Gasteiger partial charge in [-0.1, -0.05) is 29.8 Å². The summed E-state index contributed by atoms with van der Waals surface area (Å²) in [6.45, 7) is 0. The third-order valence-corrected chi connectivity index (χ3v) is 4.88. The largest absolute Gasteiger partial charge is 0.497 e. The smallest absolute Gasteiger partial charge is 0.271 e. The number of ether oxygens (including phenoxy) is 1. The van der Waals surface area contributed by atoms with Crippen LogP contribution in [0, 0.1) is 0 Å². The Morgan fingerprint density at radius 2 is 1.96 bits per heavy atom. The number of rotatable bonds is 4. The molecular weight excluding hydrogens is 332 g/mol. The van der Waals surface area contributed by atoms with Gasteiger partial charge in [0.1, 0.15) is 5.75 Å². The monoisotopic (exact) mass is 344 g/mol. The fraction of sp³-hybridized carbons (Fsp3) is 0.0588. The van der Waals surface area contributed by atoms with E-state index in [1.165, 1.54) is 11.3 Å². The molecule has 0 aliphatic heterocycles. The van der Waals surface area contributed by atoms with Crippen LogP contribution in [-0.2, 0) is 0 Å². The first-order valence-electron chi connectivity index (χ1n) is 6.83. The molecule has 0 unspecified atom stereocenters. The Hall–Kier alpha value is -2.37. The topological polar surface area (TPSA) is 50.7 Å². The molecule has 0 spiro atoms. The molecule has 6 heteroatoms. The third-order valence-electron chi connectivity index (χ3n) is 3.26. The van der Waals surface area contributed by atoms with E-state index in [0.717, 1.165) is 15.0 Å². The van der Waals surface area contributed by atoms with Crippen LogP contribution in [0.15, 0.2) is 53.6 Å². The summed E-state index contributed by atoms with van der Waals surface area (Å²) >= 11 is 7.84. The third kappa shape index (κ3) is 3.36. The quantitative estimate of drug-likeness (QED) is 0.565. The van der Waals surface area contributed by atoms with Crippen molar-refractivity contribution >= 4 is 45.1 Å². The number of nitrogens with zero attached hydrogens (tertiary/aromatic N) is 1. The van der Waals surface area contributed by atoms with Crippen molar-refractivity contribution in [3.63, 3.8) is 0 Å². The second-order valence-electron chi connectivity index (χ2n) is 4.70. The Bertz CT molecular complexity index is 872. The molecule has 4 nitrogen and oxygen atoms in total. The van der Waals surface area contributed by atoms with Gasteiger partial charge in [0.05, 0.1) is 23.2 Å². The number of hydrogen-bond donors (Lipinski definition) is 1. The minimum atomic E-state index is -0.291. The van der Waals surface area contributed by atoms with Gasteiger partial charge in [-0.25, -0.2) is 5.43 Å². The van der Waals surface area contributed by atoms with Crippen LogP contribution in [0.25, 0.3) is 10.1 Å². The van der Waals surface area contributed by atoms with Crippen LogP contribution in [-0.4, -0.2) is 19.2 Å². The van der Waals surface area contributed by atoms with E-state index in [9.17, 15) is 4.79 Å². The zero-order chi connectivity index (χ0) is 16.2. The molecule has 0 saturated heterocycles. The second-order valence-corrected chi connectivity index (χ2v) is 6.17. The number of hydrogen-bond acceptors (Lipinski definition) is 4. The predicted octanol–water partition coefficient (Wildman–Crippen LogP) is 4.33. The van der Waals surface area contributed by atoms with Crippen molar-refractivity contribution in [2.75, 3.05) is 7.11 Å². The summed E-state index contributed by atoms with van der Waals surface area (Å²) in [5.74, 6) is 0.406. The van der Waals surface area contributed by atoms with E-state index in [2.05, 4.69) is 10.5 Å². The van der Waals surface area contributed by atoms with E-state index in [1.54, 1.807) is 37.6 Å². The number of thiophene rings is 1. The maximum Gasteiger partial charge on any atom is 0.271 e. The van der Waals surface area contributed by atoms with Crippen LogP contribution < -0.4 is 10.2 Å². The molecule has 23 heavy (non-hydrogen) atoms. The maximum absolute atomic E-state index is 12.0. The van der Waals surface area contributed by atoms with Gasteiger partial charge < -0.3 is 4.74 Å². The molecule has 0 atom stereocenters. The predicted molar refractivity (Wildman–Crippen MR) is 94.9 cm³/mol. The molecule has 0 radical (unpaired) electrons. The van der Waals surface area contributed by atoms with Crippen LogP contribution in [0.4, 0.5) is 0 Å². The Kier molecular flexibility index (Phi) is 4.60. The first-order valence-corrected chi connectivity index (χ1v) is 8.03. The highest BCUT2D eigenvalue weighted by molar-refractivity contribution is 7.21. The minimum absolute atomic E-state index is 0.291. The first-order chi connectivity index (χ1) is 11.2. The number of hydrazone groups is 1. The molecule has 0 aliphatic carbocycles. The lowest BCUT2D eigenvalue weighted by Gasteiger charge is -2.01. The van der Waals surface area contributed by atoms with Crippen molar-refractivity contribution in [1.82, 2.24) is 5.43 Å². The lowest BCUT2D eigenvalue weighted by molar-refractivity contribution is 0.0955. The normalized spacial score (nSPS) is 11.0. The average Bonchev–Trinajstić information content (AvgIpc) is 2.91. The maximum atomic E-state index is 12.0. The van der Waals surface area contributed by atoms with Gasteiger partial charge >= 0.3 is 0 Å². The van der Waals surface area contributed by atoms with Gasteiger partial charge in [0.2, 0.25) is 0 Å². The Labute approximate surface area is 142 Å². The second kappa shape index (κ2) is 6.81. The van der Waals surface area contributed by atoms with E-state index in [0.29, 0.717) is 16.3 Å². The number of amides is 1. The highest BCUT2D eigenvalue weighted by Crippen LogP contribution is 2.33. The molecule has 3 aromatic rings. The van der Waals surface area contributed by atoms with Gasteiger partial charge in [-0.2, -0.15) is 5.10 Å². The van der Waals surface area contributed by atoms with Crippen molar-refractivity contribution in [1.29, 1.82) is 0 Å². The minimum Gasteiger partial charge on any atom is -0.497 e. The summed E-state index contributed by atoms with van der Waals surface area (Å²) in [5, 5.41) is 5.62. The standard InChI is InChI=1S/C17H13ClN2O2S/c1-22-12-8-6-11(7-9-12)17(21)20-19-10-15-16(18)13-4-2-3-5-14(13)23-15/h2-10H,1H3,(H,20,21).